The quantitative estimate of drug-likeness (QED) is 0.531. The molecule has 0 aliphatic carbocycles. The van der Waals surface area contributed by atoms with Crippen molar-refractivity contribution in [3.8, 4) is 0 Å². The second kappa shape index (κ2) is 9.16. The Labute approximate surface area is 114 Å². The lowest BCUT2D eigenvalue weighted by Crippen LogP contribution is -2.37. The first kappa shape index (κ1) is 15.2. The molecule has 1 atom stereocenters. The largest absolute Gasteiger partial charge is 0.331 e. The number of halogens is 3. The van der Waals surface area contributed by atoms with Gasteiger partial charge in [-0.25, -0.2) is 9.34 Å². The molecule has 0 aromatic carbocycles. The molecule has 0 aromatic rings. The van der Waals surface area contributed by atoms with Gasteiger partial charge in [0.05, 0.1) is 6.61 Å². The van der Waals surface area contributed by atoms with E-state index in [1.165, 1.54) is 0 Å². The summed E-state index contributed by atoms with van der Waals surface area (Å²) in [5, 5.41) is 0. The Morgan fingerprint density at radius 1 is 1.12 bits per heavy atom. The third-order valence-corrected chi connectivity index (χ3v) is 4.97. The van der Waals surface area contributed by atoms with Crippen LogP contribution < -0.4 is 0 Å². The molecule has 0 radical (unpaired) electrons. The average Bonchev–Trinajstić information content (AvgIpc) is 2.30. The molecule has 0 aromatic heterocycles. The van der Waals surface area contributed by atoms with Crippen LogP contribution in [-0.4, -0.2) is 59.8 Å². The molecule has 0 spiro atoms. The molecule has 16 heavy (non-hydrogen) atoms. The molecule has 0 amide bonds. The van der Waals surface area contributed by atoms with Crippen LogP contribution in [0.25, 0.3) is 0 Å². The third-order valence-electron chi connectivity index (χ3n) is 2.28. The predicted octanol–water partition coefficient (Wildman–Crippen LogP) is 2.95. The van der Waals surface area contributed by atoms with E-state index in [9.17, 15) is 0 Å². The molecule has 1 saturated heterocycles. The molecule has 7 heteroatoms. The van der Waals surface area contributed by atoms with Crippen LogP contribution in [0.4, 0.5) is 0 Å². The lowest BCUT2D eigenvalue weighted by Gasteiger charge is -2.40. The average molecular weight is 308 g/mol. The Morgan fingerprint density at radius 3 is 2.38 bits per heavy atom. The fourth-order valence-electron chi connectivity index (χ4n) is 1.59. The van der Waals surface area contributed by atoms with Gasteiger partial charge in [-0.05, 0) is 6.42 Å². The molecule has 3 nitrogen and oxygen atoms in total. The summed E-state index contributed by atoms with van der Waals surface area (Å²) >= 11 is 17.4. The molecule has 1 rings (SSSR count). The van der Waals surface area contributed by atoms with Crippen LogP contribution in [0.1, 0.15) is 6.42 Å². The zero-order valence-electron chi connectivity index (χ0n) is 9.25. The first-order valence-corrected chi connectivity index (χ1v) is 8.21. The summed E-state index contributed by atoms with van der Waals surface area (Å²) in [5.74, 6) is 1.85. The van der Waals surface area contributed by atoms with Gasteiger partial charge in [0, 0.05) is 43.8 Å². The van der Waals surface area contributed by atoms with Crippen molar-refractivity contribution in [1.29, 1.82) is 0 Å². The minimum absolute atomic E-state index is 0.605. The van der Waals surface area contributed by atoms with Crippen molar-refractivity contribution < 1.29 is 4.52 Å². The SMILES string of the molecule is ClCCN(CCCl)P1OCCCN1CCCl. The van der Waals surface area contributed by atoms with Gasteiger partial charge in [-0.2, -0.15) is 0 Å². The molecular weight excluding hydrogens is 289 g/mol. The maximum Gasteiger partial charge on any atom is 0.188 e. The number of rotatable bonds is 7. The monoisotopic (exact) mass is 306 g/mol. The Morgan fingerprint density at radius 2 is 1.81 bits per heavy atom. The number of hydrogen-bond donors (Lipinski definition) is 0. The molecule has 1 aliphatic heterocycles. The van der Waals surface area contributed by atoms with Crippen LogP contribution in [0.15, 0.2) is 0 Å². The number of alkyl halides is 3. The van der Waals surface area contributed by atoms with Crippen LogP contribution in [0.5, 0.6) is 0 Å². The predicted molar refractivity (Wildman–Crippen MR) is 72.8 cm³/mol. The lowest BCUT2D eigenvalue weighted by molar-refractivity contribution is 0.214. The number of nitrogens with zero attached hydrogens (tertiary/aromatic N) is 2. The van der Waals surface area contributed by atoms with Gasteiger partial charge in [0.25, 0.3) is 0 Å². The third kappa shape index (κ3) is 4.81. The number of hydrogen-bond acceptors (Lipinski definition) is 3. The topological polar surface area (TPSA) is 15.7 Å². The van der Waals surface area contributed by atoms with Crippen molar-refractivity contribution in [3.63, 3.8) is 0 Å². The van der Waals surface area contributed by atoms with Crippen molar-refractivity contribution in [2.75, 3.05) is 50.4 Å². The van der Waals surface area contributed by atoms with E-state index in [4.69, 9.17) is 39.3 Å². The molecule has 1 heterocycles. The van der Waals surface area contributed by atoms with Gasteiger partial charge in [0.2, 0.25) is 0 Å². The smallest absolute Gasteiger partial charge is 0.188 e. The van der Waals surface area contributed by atoms with Gasteiger partial charge in [-0.3, -0.25) is 0 Å². The first-order chi connectivity index (χ1) is 7.83. The van der Waals surface area contributed by atoms with E-state index in [0.29, 0.717) is 17.6 Å². The van der Waals surface area contributed by atoms with E-state index in [1.807, 2.05) is 0 Å². The van der Waals surface area contributed by atoms with Crippen LogP contribution >= 0.6 is 43.3 Å². The fraction of sp³-hybridized carbons (Fsp3) is 1.00. The Balaban J connectivity index is 2.54. The van der Waals surface area contributed by atoms with E-state index in [0.717, 1.165) is 39.2 Å². The Kier molecular flexibility index (Phi) is 8.72. The summed E-state index contributed by atoms with van der Waals surface area (Å²) in [7, 11) is -0.703. The van der Waals surface area contributed by atoms with Gasteiger partial charge in [0.15, 0.2) is 8.45 Å². The van der Waals surface area contributed by atoms with Gasteiger partial charge >= 0.3 is 0 Å². The summed E-state index contributed by atoms with van der Waals surface area (Å²) in [6, 6.07) is 0. The molecular formula is C9H18Cl3N2OP. The van der Waals surface area contributed by atoms with Gasteiger partial charge < -0.3 is 4.52 Å². The van der Waals surface area contributed by atoms with Gasteiger partial charge in [-0.1, -0.05) is 0 Å². The van der Waals surface area contributed by atoms with Gasteiger partial charge in [0.1, 0.15) is 0 Å². The van der Waals surface area contributed by atoms with E-state index in [1.54, 1.807) is 0 Å². The normalized spacial score (nSPS) is 22.9. The van der Waals surface area contributed by atoms with E-state index >= 15 is 0 Å². The molecule has 96 valence electrons. The van der Waals surface area contributed by atoms with Crippen LogP contribution in [-0.2, 0) is 4.52 Å². The van der Waals surface area contributed by atoms with Crippen molar-refractivity contribution in [1.82, 2.24) is 9.34 Å². The van der Waals surface area contributed by atoms with E-state index in [-0.39, 0.29) is 0 Å². The molecule has 1 fully saturated rings. The first-order valence-electron chi connectivity index (χ1n) is 5.44. The molecule has 1 unspecified atom stereocenters. The second-order valence-corrected chi connectivity index (χ2v) is 6.44. The van der Waals surface area contributed by atoms with Crippen molar-refractivity contribution >= 4 is 43.3 Å². The summed E-state index contributed by atoms with van der Waals surface area (Å²) in [4.78, 5) is 0. The minimum atomic E-state index is -0.703. The summed E-state index contributed by atoms with van der Waals surface area (Å²) in [6.45, 7) is 4.39. The standard InChI is InChI=1S/C9H18Cl3N2OP/c10-2-6-13-5-1-9-15-16(13)14(7-3-11)8-4-12/h1-9H2. The highest BCUT2D eigenvalue weighted by Crippen LogP contribution is 2.47. The van der Waals surface area contributed by atoms with E-state index in [2.05, 4.69) is 9.34 Å². The van der Waals surface area contributed by atoms with Crippen LogP contribution in [0.2, 0.25) is 0 Å². The minimum Gasteiger partial charge on any atom is -0.331 e. The van der Waals surface area contributed by atoms with Crippen molar-refractivity contribution in [2.45, 2.75) is 6.42 Å². The molecule has 0 bridgehead atoms. The van der Waals surface area contributed by atoms with Gasteiger partial charge in [-0.15, -0.1) is 34.8 Å². The lowest BCUT2D eigenvalue weighted by atomic mass is 10.4. The molecule has 0 saturated carbocycles. The highest BCUT2D eigenvalue weighted by Gasteiger charge is 2.28. The highest BCUT2D eigenvalue weighted by atomic mass is 35.5. The zero-order chi connectivity index (χ0) is 11.8. The van der Waals surface area contributed by atoms with Crippen LogP contribution in [0.3, 0.4) is 0 Å². The highest BCUT2D eigenvalue weighted by molar-refractivity contribution is 7.47. The summed E-state index contributed by atoms with van der Waals surface area (Å²) < 4.78 is 10.4. The Bertz CT molecular complexity index is 182. The van der Waals surface area contributed by atoms with E-state index < -0.39 is 8.45 Å². The second-order valence-electron chi connectivity index (χ2n) is 3.41. The summed E-state index contributed by atoms with van der Waals surface area (Å²) in [5.41, 5.74) is 0. The van der Waals surface area contributed by atoms with Crippen LogP contribution in [0, 0.1) is 0 Å². The maximum absolute atomic E-state index is 5.85. The zero-order valence-corrected chi connectivity index (χ0v) is 12.4. The molecule has 0 N–H and O–H groups in total. The molecule has 1 aliphatic rings. The fourth-order valence-corrected chi connectivity index (χ4v) is 4.66. The van der Waals surface area contributed by atoms with Crippen molar-refractivity contribution in [2.24, 2.45) is 0 Å². The summed E-state index contributed by atoms with van der Waals surface area (Å²) in [6.07, 6.45) is 1.07. The maximum atomic E-state index is 5.85. The van der Waals surface area contributed by atoms with Crippen molar-refractivity contribution in [3.05, 3.63) is 0 Å². The Hall–Kier alpha value is 1.18.